The van der Waals surface area contributed by atoms with E-state index in [9.17, 15) is 20.1 Å². The molecule has 4 aromatic rings. The minimum atomic E-state index is -3.14. The zero-order valence-corrected chi connectivity index (χ0v) is 22.0. The number of carbonyl (C=O) groups is 2. The lowest BCUT2D eigenvalue weighted by Crippen LogP contribution is -2.37. The van der Waals surface area contributed by atoms with Gasteiger partial charge in [-0.15, -0.1) is 0 Å². The number of allylic oxidation sites excluding steroid dienone is 1. The standard InChI is InChI=1S/C33H23N2O3P/c1-38-32(37)28-29(24-14-6-2-7-15-24)33(22-34,23-35)31(36)30(28)39(25-16-8-3-9-17-25,26-18-10-4-11-19-26)27-20-12-5-13-21-27/h2-21H,1H3. The summed E-state index contributed by atoms with van der Waals surface area (Å²) < 4.78 is 5.28. The molecule has 5 nitrogen and oxygen atoms in total. The molecule has 0 N–H and O–H groups in total. The number of nitrogens with zero attached hydrogens (tertiary/aromatic N) is 2. The van der Waals surface area contributed by atoms with Crippen LogP contribution in [0.4, 0.5) is 0 Å². The van der Waals surface area contributed by atoms with Crippen molar-refractivity contribution in [2.24, 2.45) is 5.41 Å². The van der Waals surface area contributed by atoms with Crippen LogP contribution in [0.3, 0.4) is 0 Å². The summed E-state index contributed by atoms with van der Waals surface area (Å²) >= 11 is 0. The highest BCUT2D eigenvalue weighted by Crippen LogP contribution is 2.55. The van der Waals surface area contributed by atoms with Crippen molar-refractivity contribution in [2.75, 3.05) is 7.11 Å². The summed E-state index contributed by atoms with van der Waals surface area (Å²) in [7, 11) is 1.24. The molecule has 188 valence electrons. The number of hydrogen-bond acceptors (Lipinski definition) is 5. The second-order valence-corrected chi connectivity index (χ2v) is 12.3. The third kappa shape index (κ3) is 3.84. The van der Waals surface area contributed by atoms with Gasteiger partial charge in [0.25, 0.3) is 0 Å². The molecule has 1 aliphatic carbocycles. The number of methoxy groups -OCH3 is 1. The molecule has 0 amide bonds. The molecule has 0 aliphatic heterocycles. The largest absolute Gasteiger partial charge is 0.465 e. The SMILES string of the molecule is COC(=O)C1=C(c2ccccc2)C(C#N)(C#N)C(=O)C1=P(c1ccccc1)(c1ccccc1)c1ccccc1. The third-order valence-corrected chi connectivity index (χ3v) is 11.3. The summed E-state index contributed by atoms with van der Waals surface area (Å²) in [4.78, 5) is 28.5. The Morgan fingerprint density at radius 3 is 1.44 bits per heavy atom. The first-order chi connectivity index (χ1) is 19.1. The molecule has 1 aliphatic rings. The average Bonchev–Trinajstić information content (AvgIpc) is 3.28. The minimum absolute atomic E-state index is 0.0262. The molecule has 0 unspecified atom stereocenters. The lowest BCUT2D eigenvalue weighted by molar-refractivity contribution is -0.135. The number of ether oxygens (including phenoxy) is 1. The van der Waals surface area contributed by atoms with E-state index >= 15 is 0 Å². The van der Waals surface area contributed by atoms with E-state index < -0.39 is 24.1 Å². The fourth-order valence-electron chi connectivity index (χ4n) is 5.32. The van der Waals surface area contributed by atoms with Gasteiger partial charge in [0.05, 0.1) is 24.8 Å². The smallest absolute Gasteiger partial charge is 0.339 e. The zero-order chi connectivity index (χ0) is 27.5. The van der Waals surface area contributed by atoms with Gasteiger partial charge in [0.15, 0.2) is 0 Å². The first-order valence-corrected chi connectivity index (χ1v) is 14.0. The number of esters is 1. The molecule has 0 heterocycles. The zero-order valence-electron chi connectivity index (χ0n) is 21.1. The van der Waals surface area contributed by atoms with Crippen molar-refractivity contribution in [1.29, 1.82) is 10.5 Å². The van der Waals surface area contributed by atoms with E-state index in [-0.39, 0.29) is 16.4 Å². The van der Waals surface area contributed by atoms with Crippen LogP contribution in [-0.4, -0.2) is 24.2 Å². The second-order valence-electron chi connectivity index (χ2n) is 8.94. The van der Waals surface area contributed by atoms with Crippen LogP contribution in [0.5, 0.6) is 0 Å². The van der Waals surface area contributed by atoms with Crippen molar-refractivity contribution in [2.45, 2.75) is 0 Å². The van der Waals surface area contributed by atoms with E-state index in [1.165, 1.54) is 7.11 Å². The highest BCUT2D eigenvalue weighted by Gasteiger charge is 2.58. The van der Waals surface area contributed by atoms with Crippen LogP contribution < -0.4 is 15.9 Å². The van der Waals surface area contributed by atoms with Crippen LogP contribution in [-0.2, 0) is 14.3 Å². The van der Waals surface area contributed by atoms with Gasteiger partial charge in [-0.05, 0) is 28.4 Å². The van der Waals surface area contributed by atoms with Crippen LogP contribution in [0, 0.1) is 28.1 Å². The molecule has 39 heavy (non-hydrogen) atoms. The van der Waals surface area contributed by atoms with Crippen molar-refractivity contribution < 1.29 is 14.3 Å². The van der Waals surface area contributed by atoms with Gasteiger partial charge in [0, 0.05) is 10.9 Å². The molecule has 0 atom stereocenters. The highest BCUT2D eigenvalue weighted by molar-refractivity contribution is 7.97. The first kappa shape index (κ1) is 25.7. The summed E-state index contributed by atoms with van der Waals surface area (Å²) in [5, 5.41) is 23.6. The molecular weight excluding hydrogens is 503 g/mol. The van der Waals surface area contributed by atoms with E-state index in [0.29, 0.717) is 5.56 Å². The summed E-state index contributed by atoms with van der Waals surface area (Å²) in [6.45, 7) is -3.14. The van der Waals surface area contributed by atoms with Gasteiger partial charge in [0.1, 0.15) is 0 Å². The highest BCUT2D eigenvalue weighted by atomic mass is 31.2. The molecule has 5 rings (SSSR count). The van der Waals surface area contributed by atoms with Gasteiger partial charge in [-0.1, -0.05) is 121 Å². The van der Waals surface area contributed by atoms with E-state index in [1.807, 2.05) is 103 Å². The Balaban J connectivity index is 2.16. The number of nitriles is 2. The summed E-state index contributed by atoms with van der Waals surface area (Å²) in [5.41, 5.74) is -1.76. The van der Waals surface area contributed by atoms with E-state index in [0.717, 1.165) is 15.9 Å². The normalized spacial score (nSPS) is 14.4. The lowest BCUT2D eigenvalue weighted by Gasteiger charge is -2.32. The van der Waals surface area contributed by atoms with E-state index in [1.54, 1.807) is 30.3 Å². The van der Waals surface area contributed by atoms with Gasteiger partial charge in [-0.3, -0.25) is 4.79 Å². The Bertz CT molecular complexity index is 1610. The van der Waals surface area contributed by atoms with Crippen LogP contribution in [0.15, 0.2) is 127 Å². The summed E-state index contributed by atoms with van der Waals surface area (Å²) in [5.74, 6) is -1.46. The molecule has 6 heteroatoms. The topological polar surface area (TPSA) is 90.9 Å². The van der Waals surface area contributed by atoms with Crippen molar-refractivity contribution in [3.8, 4) is 12.1 Å². The number of ketones is 1. The Kier molecular flexibility index (Phi) is 6.86. The van der Waals surface area contributed by atoms with Crippen molar-refractivity contribution >= 4 is 45.4 Å². The molecule has 0 fully saturated rings. The Labute approximate surface area is 227 Å². The number of hydrogen-bond donors (Lipinski definition) is 0. The molecule has 0 spiro atoms. The predicted molar refractivity (Wildman–Crippen MR) is 154 cm³/mol. The van der Waals surface area contributed by atoms with E-state index in [2.05, 4.69) is 0 Å². The molecule has 0 saturated heterocycles. The van der Waals surface area contributed by atoms with Gasteiger partial charge in [-0.25, -0.2) is 4.79 Å². The Morgan fingerprint density at radius 1 is 0.692 bits per heavy atom. The van der Waals surface area contributed by atoms with Crippen LogP contribution >= 0.6 is 6.89 Å². The van der Waals surface area contributed by atoms with Gasteiger partial charge >= 0.3 is 5.97 Å². The molecule has 0 radical (unpaired) electrons. The molecule has 4 aromatic carbocycles. The van der Waals surface area contributed by atoms with Gasteiger partial charge < -0.3 is 4.74 Å². The number of rotatable bonds is 5. The van der Waals surface area contributed by atoms with Crippen molar-refractivity contribution in [3.63, 3.8) is 0 Å². The monoisotopic (exact) mass is 526 g/mol. The van der Waals surface area contributed by atoms with Crippen molar-refractivity contribution in [3.05, 3.63) is 132 Å². The van der Waals surface area contributed by atoms with Gasteiger partial charge in [-0.2, -0.15) is 10.5 Å². The maximum atomic E-state index is 14.8. The molecule has 0 saturated carbocycles. The minimum Gasteiger partial charge on any atom is -0.465 e. The predicted octanol–water partition coefficient (Wildman–Crippen LogP) is 4.40. The van der Waals surface area contributed by atoms with Crippen LogP contribution in [0.1, 0.15) is 5.56 Å². The fraction of sp³-hybridized carbons (Fsp3) is 0.0606. The van der Waals surface area contributed by atoms with E-state index in [4.69, 9.17) is 4.74 Å². The number of Topliss-reactive ketones (excluding diaryl/α,β-unsaturated/α-hetero) is 1. The first-order valence-electron chi connectivity index (χ1n) is 12.3. The fourth-order valence-corrected chi connectivity index (χ4v) is 9.86. The third-order valence-electron chi connectivity index (χ3n) is 6.97. The second kappa shape index (κ2) is 10.4. The van der Waals surface area contributed by atoms with Gasteiger partial charge in [0.2, 0.25) is 11.2 Å². The maximum absolute atomic E-state index is 14.8. The average molecular weight is 527 g/mol. The molecular formula is C33H23N2O3P. The number of carbonyl (C=O) groups excluding carboxylic acids is 2. The van der Waals surface area contributed by atoms with Crippen molar-refractivity contribution in [1.82, 2.24) is 0 Å². The summed E-state index contributed by atoms with van der Waals surface area (Å²) in [6.07, 6.45) is 0. The Morgan fingerprint density at radius 2 is 1.08 bits per heavy atom. The Hall–Kier alpha value is -4.96. The molecule has 0 aromatic heterocycles. The maximum Gasteiger partial charge on any atom is 0.339 e. The summed E-state index contributed by atoms with van der Waals surface area (Å²) in [6, 6.07) is 41.3. The van der Waals surface area contributed by atoms with Crippen LogP contribution in [0.2, 0.25) is 0 Å². The molecule has 0 bridgehead atoms. The number of benzene rings is 4. The lowest BCUT2D eigenvalue weighted by atomic mass is 9.79. The quantitative estimate of drug-likeness (QED) is 0.284. The van der Waals surface area contributed by atoms with Crippen LogP contribution in [0.25, 0.3) is 5.57 Å².